The average molecular weight is 269 g/mol. The number of para-hydroxylation sites is 2. The van der Waals surface area contributed by atoms with Crippen LogP contribution in [0.2, 0.25) is 0 Å². The lowest BCUT2D eigenvalue weighted by molar-refractivity contribution is 0.101. The number of aromatic hydroxyl groups is 1. The normalized spacial score (nSPS) is 10.7. The van der Waals surface area contributed by atoms with Crippen molar-refractivity contribution in [3.8, 4) is 5.88 Å². The maximum absolute atomic E-state index is 12.1. The highest BCUT2D eigenvalue weighted by Crippen LogP contribution is 2.18. The second-order valence-corrected chi connectivity index (χ2v) is 4.21. The van der Waals surface area contributed by atoms with Gasteiger partial charge in [0, 0.05) is 19.3 Å². The van der Waals surface area contributed by atoms with Crippen LogP contribution in [0, 0.1) is 0 Å². The summed E-state index contributed by atoms with van der Waals surface area (Å²) in [5, 5.41) is 16.4. The lowest BCUT2D eigenvalue weighted by atomic mass is 10.3. The van der Waals surface area contributed by atoms with Crippen molar-refractivity contribution in [2.75, 3.05) is 5.32 Å². The third kappa shape index (κ3) is 2.16. The molecule has 0 saturated carbocycles. The summed E-state index contributed by atoms with van der Waals surface area (Å²) in [5.41, 5.74) is 0.935. The van der Waals surface area contributed by atoms with Crippen LogP contribution in [0.4, 0.5) is 5.82 Å². The molecule has 20 heavy (non-hydrogen) atoms. The Kier molecular flexibility index (Phi) is 2.79. The Morgan fingerprint density at radius 1 is 1.20 bits per heavy atom. The van der Waals surface area contributed by atoms with Crippen LogP contribution in [0.25, 0.3) is 11.0 Å². The summed E-state index contributed by atoms with van der Waals surface area (Å²) in [4.78, 5) is 20.1. The molecule has 0 saturated heterocycles. The lowest BCUT2D eigenvalue weighted by Gasteiger charge is -2.04. The predicted octanol–water partition coefficient (Wildman–Crippen LogP) is 1.32. The van der Waals surface area contributed by atoms with E-state index in [0.717, 1.165) is 0 Å². The first kappa shape index (κ1) is 12.1. The molecule has 0 aliphatic rings. The minimum atomic E-state index is -0.556. The summed E-state index contributed by atoms with van der Waals surface area (Å²) < 4.78 is 1.56. The van der Waals surface area contributed by atoms with Crippen LogP contribution >= 0.6 is 0 Å². The molecule has 0 radical (unpaired) electrons. The van der Waals surface area contributed by atoms with Gasteiger partial charge in [-0.2, -0.15) is 5.10 Å². The first-order chi connectivity index (χ1) is 9.63. The van der Waals surface area contributed by atoms with Crippen LogP contribution in [-0.2, 0) is 7.05 Å². The molecule has 7 heteroatoms. The van der Waals surface area contributed by atoms with Crippen LogP contribution in [0.3, 0.4) is 0 Å². The fraction of sp³-hybridized carbons (Fsp3) is 0.0769. The van der Waals surface area contributed by atoms with Crippen LogP contribution in [-0.4, -0.2) is 30.8 Å². The number of aryl methyl sites for hydroxylation is 1. The van der Waals surface area contributed by atoms with E-state index in [1.54, 1.807) is 48.3 Å². The van der Waals surface area contributed by atoms with Gasteiger partial charge in [0.1, 0.15) is 0 Å². The summed E-state index contributed by atoms with van der Waals surface area (Å²) in [6.07, 6.45) is 1.70. The van der Waals surface area contributed by atoms with Crippen molar-refractivity contribution in [3.05, 3.63) is 42.2 Å². The summed E-state index contributed by atoms with van der Waals surface area (Å²) in [6.45, 7) is 0. The molecule has 3 rings (SSSR count). The van der Waals surface area contributed by atoms with Gasteiger partial charge in [-0.3, -0.25) is 9.48 Å². The van der Waals surface area contributed by atoms with E-state index in [1.165, 1.54) is 0 Å². The summed E-state index contributed by atoms with van der Waals surface area (Å²) in [5.74, 6) is -0.580. The predicted molar refractivity (Wildman–Crippen MR) is 72.4 cm³/mol. The molecule has 2 aromatic heterocycles. The van der Waals surface area contributed by atoms with Gasteiger partial charge in [-0.05, 0) is 12.1 Å². The Hall–Kier alpha value is -2.96. The molecule has 7 nitrogen and oxygen atoms in total. The number of nitrogens with one attached hydrogen (secondary N) is 1. The molecule has 0 aliphatic carbocycles. The number of carbonyl (C=O) groups is 1. The molecule has 0 atom stereocenters. The molecule has 0 unspecified atom stereocenters. The average Bonchev–Trinajstić information content (AvgIpc) is 2.83. The Morgan fingerprint density at radius 3 is 2.55 bits per heavy atom. The number of hydrogen-bond acceptors (Lipinski definition) is 5. The zero-order valence-corrected chi connectivity index (χ0v) is 10.6. The number of nitrogens with zero attached hydrogens (tertiary/aromatic N) is 4. The molecule has 1 amide bonds. The molecule has 1 aromatic carbocycles. The number of hydrogen-bond donors (Lipinski definition) is 2. The summed E-state index contributed by atoms with van der Waals surface area (Å²) in [7, 11) is 1.74. The molecule has 0 aliphatic heterocycles. The molecular weight excluding hydrogens is 258 g/mol. The number of rotatable bonds is 2. The Bertz CT molecular complexity index is 796. The van der Waals surface area contributed by atoms with Crippen LogP contribution in [0.15, 0.2) is 36.5 Å². The van der Waals surface area contributed by atoms with Gasteiger partial charge in [-0.25, -0.2) is 9.97 Å². The zero-order valence-electron chi connectivity index (χ0n) is 10.6. The van der Waals surface area contributed by atoms with Gasteiger partial charge >= 0.3 is 0 Å². The van der Waals surface area contributed by atoms with Gasteiger partial charge in [-0.15, -0.1) is 0 Å². The molecular formula is C13H11N5O2. The molecule has 0 fully saturated rings. The van der Waals surface area contributed by atoms with Gasteiger partial charge in [0.15, 0.2) is 11.5 Å². The van der Waals surface area contributed by atoms with Crippen molar-refractivity contribution in [2.45, 2.75) is 0 Å². The first-order valence-electron chi connectivity index (χ1n) is 5.90. The van der Waals surface area contributed by atoms with E-state index >= 15 is 0 Å². The maximum atomic E-state index is 12.1. The van der Waals surface area contributed by atoms with Gasteiger partial charge in [0.05, 0.1) is 11.0 Å². The third-order valence-corrected chi connectivity index (χ3v) is 2.72. The SMILES string of the molecule is Cn1ccc(NC(=O)c2nc3ccccc3nc2O)n1. The fourth-order valence-electron chi connectivity index (χ4n) is 1.80. The Balaban J connectivity index is 1.96. The zero-order chi connectivity index (χ0) is 14.1. The van der Waals surface area contributed by atoms with E-state index in [-0.39, 0.29) is 5.69 Å². The van der Waals surface area contributed by atoms with Crippen molar-refractivity contribution in [1.82, 2.24) is 19.7 Å². The number of anilines is 1. The first-order valence-corrected chi connectivity index (χ1v) is 5.90. The van der Waals surface area contributed by atoms with Crippen molar-refractivity contribution in [2.24, 2.45) is 7.05 Å². The number of fused-ring (bicyclic) bond motifs is 1. The quantitative estimate of drug-likeness (QED) is 0.732. The standard InChI is InChI=1S/C13H11N5O2/c1-18-7-6-10(17-18)16-13(20)11-12(19)15-9-5-3-2-4-8(9)14-11/h2-7H,1H3,(H,15,19)(H,16,17,20). The van der Waals surface area contributed by atoms with Crippen LogP contribution in [0.5, 0.6) is 5.88 Å². The van der Waals surface area contributed by atoms with Gasteiger partial charge in [-0.1, -0.05) is 12.1 Å². The minimum absolute atomic E-state index is 0.130. The number of aromatic nitrogens is 4. The van der Waals surface area contributed by atoms with E-state index in [4.69, 9.17) is 0 Å². The minimum Gasteiger partial charge on any atom is -0.492 e. The second-order valence-electron chi connectivity index (χ2n) is 4.21. The van der Waals surface area contributed by atoms with Crippen molar-refractivity contribution >= 4 is 22.8 Å². The molecule has 0 bridgehead atoms. The molecule has 2 N–H and O–H groups in total. The fourth-order valence-corrected chi connectivity index (χ4v) is 1.80. The van der Waals surface area contributed by atoms with Crippen LogP contribution < -0.4 is 5.32 Å². The van der Waals surface area contributed by atoms with Gasteiger partial charge in [0.25, 0.3) is 5.91 Å². The number of carbonyl (C=O) groups excluding carboxylic acids is 1. The van der Waals surface area contributed by atoms with Crippen molar-refractivity contribution in [3.63, 3.8) is 0 Å². The Labute approximate surface area is 113 Å². The largest absolute Gasteiger partial charge is 0.492 e. The lowest BCUT2D eigenvalue weighted by Crippen LogP contribution is -2.15. The van der Waals surface area contributed by atoms with Crippen molar-refractivity contribution < 1.29 is 9.90 Å². The monoisotopic (exact) mass is 269 g/mol. The van der Waals surface area contributed by atoms with Crippen LogP contribution in [0.1, 0.15) is 10.5 Å². The van der Waals surface area contributed by atoms with Gasteiger partial charge < -0.3 is 10.4 Å². The van der Waals surface area contributed by atoms with Gasteiger partial charge in [0.2, 0.25) is 5.88 Å². The van der Waals surface area contributed by atoms with E-state index in [9.17, 15) is 9.90 Å². The van der Waals surface area contributed by atoms with Crippen molar-refractivity contribution in [1.29, 1.82) is 0 Å². The number of amides is 1. The summed E-state index contributed by atoms with van der Waals surface area (Å²) in [6, 6.07) is 8.64. The third-order valence-electron chi connectivity index (χ3n) is 2.72. The summed E-state index contributed by atoms with van der Waals surface area (Å²) >= 11 is 0. The number of benzene rings is 1. The molecule has 2 heterocycles. The highest BCUT2D eigenvalue weighted by molar-refractivity contribution is 6.04. The molecule has 100 valence electrons. The van der Waals surface area contributed by atoms with E-state index in [0.29, 0.717) is 16.9 Å². The van der Waals surface area contributed by atoms with E-state index < -0.39 is 11.8 Å². The highest BCUT2D eigenvalue weighted by atomic mass is 16.3. The Morgan fingerprint density at radius 2 is 1.90 bits per heavy atom. The van der Waals surface area contributed by atoms with E-state index in [1.807, 2.05) is 0 Å². The topological polar surface area (TPSA) is 92.9 Å². The van der Waals surface area contributed by atoms with E-state index in [2.05, 4.69) is 20.4 Å². The highest BCUT2D eigenvalue weighted by Gasteiger charge is 2.16. The maximum Gasteiger partial charge on any atom is 0.281 e. The molecule has 3 aromatic rings. The second kappa shape index (κ2) is 4.61. The molecule has 0 spiro atoms. The smallest absolute Gasteiger partial charge is 0.281 e.